The average molecular weight is 308 g/mol. The summed E-state index contributed by atoms with van der Waals surface area (Å²) in [7, 11) is -3.77. The molecule has 0 unspecified atom stereocenters. The first-order valence-electron chi connectivity index (χ1n) is 6.46. The number of benzene rings is 2. The highest BCUT2D eigenvalue weighted by atomic mass is 32.2. The number of rotatable bonds is 5. The summed E-state index contributed by atoms with van der Waals surface area (Å²) in [6.07, 6.45) is 0. The quantitative estimate of drug-likeness (QED) is 0.888. The van der Waals surface area contributed by atoms with Crippen molar-refractivity contribution < 1.29 is 12.8 Å². The Labute approximate surface area is 123 Å². The Balaban J connectivity index is 2.24. The number of nitrogens with one attached hydrogen (secondary N) is 1. The molecular weight excluding hydrogens is 291 g/mol. The van der Waals surface area contributed by atoms with Crippen molar-refractivity contribution in [2.75, 3.05) is 0 Å². The van der Waals surface area contributed by atoms with Gasteiger partial charge in [-0.25, -0.2) is 17.5 Å². The van der Waals surface area contributed by atoms with Gasteiger partial charge in [-0.05, 0) is 35.7 Å². The maximum absolute atomic E-state index is 13.3. The first-order valence-corrected chi connectivity index (χ1v) is 7.95. The lowest BCUT2D eigenvalue weighted by atomic mass is 10.1. The van der Waals surface area contributed by atoms with Gasteiger partial charge >= 0.3 is 0 Å². The molecule has 0 aromatic heterocycles. The van der Waals surface area contributed by atoms with Crippen LogP contribution in [0.2, 0.25) is 0 Å². The molecule has 0 bridgehead atoms. The van der Waals surface area contributed by atoms with Crippen molar-refractivity contribution in [2.45, 2.75) is 24.9 Å². The van der Waals surface area contributed by atoms with E-state index in [4.69, 9.17) is 5.73 Å². The Hall–Kier alpha value is -1.76. The van der Waals surface area contributed by atoms with E-state index in [9.17, 15) is 12.8 Å². The van der Waals surface area contributed by atoms with E-state index in [1.165, 1.54) is 12.1 Å². The molecule has 0 amide bonds. The fraction of sp³-hybridized carbons (Fsp3) is 0.200. The monoisotopic (exact) mass is 308 g/mol. The molecule has 0 aliphatic carbocycles. The molecular formula is C15H17FN2O2S. The summed E-state index contributed by atoms with van der Waals surface area (Å²) in [5.74, 6) is -0.580. The number of nitrogens with two attached hydrogens (primary N) is 1. The van der Waals surface area contributed by atoms with Crippen LogP contribution in [0.5, 0.6) is 0 Å². The predicted molar refractivity (Wildman–Crippen MR) is 79.5 cm³/mol. The van der Waals surface area contributed by atoms with Crippen LogP contribution in [0.4, 0.5) is 4.39 Å². The van der Waals surface area contributed by atoms with E-state index < -0.39 is 15.8 Å². The zero-order valence-electron chi connectivity index (χ0n) is 11.6. The first-order chi connectivity index (χ1) is 9.94. The number of hydrogen-bond acceptors (Lipinski definition) is 3. The van der Waals surface area contributed by atoms with Crippen LogP contribution in [-0.4, -0.2) is 8.42 Å². The summed E-state index contributed by atoms with van der Waals surface area (Å²) < 4.78 is 40.3. The number of aryl methyl sites for hydroxylation is 1. The standard InChI is InChI=1S/C15H17FN2O2S/c1-11-6-7-14(16)8-15(11)21(19,20)18-10-13-5-3-2-4-12(13)9-17/h2-8,18H,9-10,17H2,1H3. The Bertz CT molecular complexity index is 745. The molecule has 0 heterocycles. The van der Waals surface area contributed by atoms with Crippen LogP contribution >= 0.6 is 0 Å². The van der Waals surface area contributed by atoms with Gasteiger partial charge in [0.25, 0.3) is 0 Å². The third kappa shape index (κ3) is 3.66. The molecule has 2 rings (SSSR count). The largest absolute Gasteiger partial charge is 0.326 e. The second-order valence-electron chi connectivity index (χ2n) is 4.71. The fourth-order valence-electron chi connectivity index (χ4n) is 2.04. The zero-order chi connectivity index (χ0) is 15.5. The Kier molecular flexibility index (Phi) is 4.72. The summed E-state index contributed by atoms with van der Waals surface area (Å²) in [6.45, 7) is 2.07. The van der Waals surface area contributed by atoms with Gasteiger partial charge in [-0.3, -0.25) is 0 Å². The summed E-state index contributed by atoms with van der Waals surface area (Å²) >= 11 is 0. The van der Waals surface area contributed by atoms with Gasteiger partial charge in [-0.15, -0.1) is 0 Å². The smallest absolute Gasteiger partial charge is 0.241 e. The van der Waals surface area contributed by atoms with E-state index in [2.05, 4.69) is 4.72 Å². The van der Waals surface area contributed by atoms with Crippen molar-refractivity contribution in [1.82, 2.24) is 4.72 Å². The van der Waals surface area contributed by atoms with E-state index in [-0.39, 0.29) is 11.4 Å². The van der Waals surface area contributed by atoms with Gasteiger partial charge in [-0.1, -0.05) is 30.3 Å². The van der Waals surface area contributed by atoms with Gasteiger partial charge in [0, 0.05) is 13.1 Å². The predicted octanol–water partition coefficient (Wildman–Crippen LogP) is 2.07. The molecule has 2 aromatic rings. The maximum atomic E-state index is 13.3. The normalized spacial score (nSPS) is 11.6. The highest BCUT2D eigenvalue weighted by Crippen LogP contribution is 2.17. The highest BCUT2D eigenvalue weighted by Gasteiger charge is 2.17. The zero-order valence-corrected chi connectivity index (χ0v) is 12.5. The second kappa shape index (κ2) is 6.34. The first kappa shape index (κ1) is 15.6. The van der Waals surface area contributed by atoms with E-state index in [1.807, 2.05) is 24.3 Å². The van der Waals surface area contributed by atoms with Crippen LogP contribution in [0.15, 0.2) is 47.4 Å². The van der Waals surface area contributed by atoms with Gasteiger partial charge in [0.2, 0.25) is 10.0 Å². The van der Waals surface area contributed by atoms with Crippen molar-refractivity contribution >= 4 is 10.0 Å². The molecule has 0 aliphatic heterocycles. The summed E-state index contributed by atoms with van der Waals surface area (Å²) in [5, 5.41) is 0. The number of halogens is 1. The van der Waals surface area contributed by atoms with Crippen molar-refractivity contribution in [3.05, 3.63) is 65.0 Å². The topological polar surface area (TPSA) is 72.2 Å². The molecule has 0 radical (unpaired) electrons. The van der Waals surface area contributed by atoms with Gasteiger partial charge in [0.05, 0.1) is 4.90 Å². The molecule has 3 N–H and O–H groups in total. The van der Waals surface area contributed by atoms with Crippen molar-refractivity contribution in [3.8, 4) is 0 Å². The van der Waals surface area contributed by atoms with Crippen LogP contribution in [0, 0.1) is 12.7 Å². The third-order valence-electron chi connectivity index (χ3n) is 3.23. The van der Waals surface area contributed by atoms with Crippen molar-refractivity contribution in [3.63, 3.8) is 0 Å². The van der Waals surface area contributed by atoms with Crippen LogP contribution in [-0.2, 0) is 23.1 Å². The summed E-state index contributed by atoms with van der Waals surface area (Å²) in [6, 6.07) is 11.0. The van der Waals surface area contributed by atoms with Crippen molar-refractivity contribution in [1.29, 1.82) is 0 Å². The molecule has 4 nitrogen and oxygen atoms in total. The SMILES string of the molecule is Cc1ccc(F)cc1S(=O)(=O)NCc1ccccc1CN. The molecule has 0 saturated heterocycles. The molecule has 112 valence electrons. The molecule has 6 heteroatoms. The number of hydrogen-bond donors (Lipinski definition) is 2. The molecule has 2 aromatic carbocycles. The van der Waals surface area contributed by atoms with Crippen LogP contribution in [0.1, 0.15) is 16.7 Å². The minimum Gasteiger partial charge on any atom is -0.326 e. The van der Waals surface area contributed by atoms with E-state index >= 15 is 0 Å². The van der Waals surface area contributed by atoms with E-state index in [0.29, 0.717) is 12.1 Å². The lowest BCUT2D eigenvalue weighted by Crippen LogP contribution is -2.25. The lowest BCUT2D eigenvalue weighted by molar-refractivity contribution is 0.576. The molecule has 21 heavy (non-hydrogen) atoms. The van der Waals surface area contributed by atoms with Crippen LogP contribution in [0.25, 0.3) is 0 Å². The molecule has 0 atom stereocenters. The van der Waals surface area contributed by atoms with Gasteiger partial charge < -0.3 is 5.73 Å². The van der Waals surface area contributed by atoms with E-state index in [0.717, 1.165) is 17.2 Å². The van der Waals surface area contributed by atoms with Gasteiger partial charge in [0.1, 0.15) is 5.82 Å². The maximum Gasteiger partial charge on any atom is 0.241 e. The van der Waals surface area contributed by atoms with Crippen molar-refractivity contribution in [2.24, 2.45) is 5.73 Å². The molecule has 0 spiro atoms. The fourth-order valence-corrected chi connectivity index (χ4v) is 3.30. The minimum absolute atomic E-state index is 0.0484. The third-order valence-corrected chi connectivity index (χ3v) is 4.77. The molecule has 0 fully saturated rings. The Morgan fingerprint density at radius 1 is 1.14 bits per heavy atom. The molecule has 0 aliphatic rings. The lowest BCUT2D eigenvalue weighted by Gasteiger charge is -2.11. The number of sulfonamides is 1. The Morgan fingerprint density at radius 2 is 1.81 bits per heavy atom. The van der Waals surface area contributed by atoms with Gasteiger partial charge in [-0.2, -0.15) is 0 Å². The Morgan fingerprint density at radius 3 is 2.48 bits per heavy atom. The average Bonchev–Trinajstić information content (AvgIpc) is 2.48. The molecule has 0 saturated carbocycles. The summed E-state index contributed by atoms with van der Waals surface area (Å²) in [5.41, 5.74) is 7.79. The van der Waals surface area contributed by atoms with E-state index in [1.54, 1.807) is 6.92 Å². The van der Waals surface area contributed by atoms with Gasteiger partial charge in [0.15, 0.2) is 0 Å². The highest BCUT2D eigenvalue weighted by molar-refractivity contribution is 7.89. The van der Waals surface area contributed by atoms with Crippen LogP contribution in [0.3, 0.4) is 0 Å². The second-order valence-corrected chi connectivity index (χ2v) is 6.44. The van der Waals surface area contributed by atoms with Crippen LogP contribution < -0.4 is 10.5 Å². The summed E-state index contributed by atoms with van der Waals surface area (Å²) in [4.78, 5) is -0.0484. The minimum atomic E-state index is -3.77.